The average molecular weight is 198 g/mol. The SMILES string of the molecule is c1ccc2c(-c3conn3)nncc2c1. The fourth-order valence-corrected chi connectivity index (χ4v) is 1.48. The van der Waals surface area contributed by atoms with E-state index in [2.05, 4.69) is 25.1 Å². The minimum atomic E-state index is 0.597. The molecule has 0 radical (unpaired) electrons. The molecule has 15 heavy (non-hydrogen) atoms. The van der Waals surface area contributed by atoms with Gasteiger partial charge in [-0.15, -0.1) is 10.2 Å². The second-order valence-corrected chi connectivity index (χ2v) is 3.07. The molecule has 0 spiro atoms. The summed E-state index contributed by atoms with van der Waals surface area (Å²) in [5, 5.41) is 17.2. The van der Waals surface area contributed by atoms with E-state index in [-0.39, 0.29) is 0 Å². The summed E-state index contributed by atoms with van der Waals surface area (Å²) in [6.07, 6.45) is 3.17. The molecule has 0 fully saturated rings. The van der Waals surface area contributed by atoms with Gasteiger partial charge in [-0.25, -0.2) is 0 Å². The van der Waals surface area contributed by atoms with E-state index in [1.54, 1.807) is 6.20 Å². The second-order valence-electron chi connectivity index (χ2n) is 3.07. The summed E-state index contributed by atoms with van der Waals surface area (Å²) in [6, 6.07) is 7.84. The molecule has 0 saturated heterocycles. The maximum atomic E-state index is 4.69. The van der Waals surface area contributed by atoms with Gasteiger partial charge in [0.2, 0.25) is 0 Å². The number of hydrogen-bond donors (Lipinski definition) is 0. The van der Waals surface area contributed by atoms with Crippen LogP contribution >= 0.6 is 0 Å². The minimum absolute atomic E-state index is 0.597. The lowest BCUT2D eigenvalue weighted by Gasteiger charge is -1.99. The van der Waals surface area contributed by atoms with Gasteiger partial charge in [-0.1, -0.05) is 24.3 Å². The third-order valence-electron chi connectivity index (χ3n) is 2.17. The van der Waals surface area contributed by atoms with Crippen LogP contribution in [0.15, 0.2) is 41.2 Å². The summed E-state index contributed by atoms with van der Waals surface area (Å²) in [5.74, 6) is 0. The predicted octanol–water partition coefficient (Wildman–Crippen LogP) is 1.68. The Kier molecular flexibility index (Phi) is 1.68. The Morgan fingerprint density at radius 3 is 2.87 bits per heavy atom. The smallest absolute Gasteiger partial charge is 0.155 e. The molecular weight excluding hydrogens is 192 g/mol. The number of hydrogen-bond acceptors (Lipinski definition) is 5. The van der Waals surface area contributed by atoms with E-state index in [0.717, 1.165) is 10.8 Å². The molecule has 0 aliphatic carbocycles. The summed E-state index contributed by atoms with van der Waals surface area (Å²) >= 11 is 0. The molecule has 72 valence electrons. The van der Waals surface area contributed by atoms with E-state index in [1.807, 2.05) is 24.3 Å². The van der Waals surface area contributed by atoms with Crippen LogP contribution in [0.25, 0.3) is 22.2 Å². The lowest BCUT2D eigenvalue weighted by Crippen LogP contribution is -1.89. The van der Waals surface area contributed by atoms with Gasteiger partial charge in [-0.2, -0.15) is 5.10 Å². The Morgan fingerprint density at radius 2 is 2.00 bits per heavy atom. The van der Waals surface area contributed by atoms with E-state index in [0.29, 0.717) is 11.4 Å². The highest BCUT2D eigenvalue weighted by molar-refractivity contribution is 5.92. The molecule has 0 saturated carbocycles. The largest absolute Gasteiger partial charge is 0.345 e. The Balaban J connectivity index is 2.36. The molecule has 0 bridgehead atoms. The molecule has 0 unspecified atom stereocenters. The van der Waals surface area contributed by atoms with Crippen molar-refractivity contribution in [3.8, 4) is 11.4 Å². The van der Waals surface area contributed by atoms with Crippen molar-refractivity contribution in [3.05, 3.63) is 36.7 Å². The van der Waals surface area contributed by atoms with Crippen LogP contribution in [0.4, 0.5) is 0 Å². The monoisotopic (exact) mass is 198 g/mol. The summed E-state index contributed by atoms with van der Waals surface area (Å²) in [5.41, 5.74) is 1.29. The van der Waals surface area contributed by atoms with Crippen molar-refractivity contribution in [1.82, 2.24) is 20.6 Å². The molecule has 2 aromatic heterocycles. The van der Waals surface area contributed by atoms with Crippen molar-refractivity contribution in [2.24, 2.45) is 0 Å². The second kappa shape index (κ2) is 3.13. The number of aromatic nitrogens is 4. The Labute approximate surface area is 84.7 Å². The zero-order valence-electron chi connectivity index (χ0n) is 7.66. The summed E-state index contributed by atoms with van der Waals surface area (Å²) in [4.78, 5) is 0. The Bertz CT molecular complexity index is 586. The summed E-state index contributed by atoms with van der Waals surface area (Å²) in [6.45, 7) is 0. The van der Waals surface area contributed by atoms with Gasteiger partial charge in [0.05, 0.1) is 6.20 Å². The van der Waals surface area contributed by atoms with Gasteiger partial charge < -0.3 is 4.52 Å². The van der Waals surface area contributed by atoms with Gasteiger partial charge in [-0.05, 0) is 0 Å². The van der Waals surface area contributed by atoms with Gasteiger partial charge in [0, 0.05) is 16.0 Å². The maximum absolute atomic E-state index is 4.69. The average Bonchev–Trinajstić information content (AvgIpc) is 2.82. The first kappa shape index (κ1) is 8.05. The van der Waals surface area contributed by atoms with E-state index in [9.17, 15) is 0 Å². The molecular formula is C10H6N4O. The van der Waals surface area contributed by atoms with Crippen LogP contribution in [-0.2, 0) is 0 Å². The van der Waals surface area contributed by atoms with Gasteiger partial charge >= 0.3 is 0 Å². The highest BCUT2D eigenvalue weighted by atomic mass is 16.5. The minimum Gasteiger partial charge on any atom is -0.345 e. The van der Waals surface area contributed by atoms with Crippen molar-refractivity contribution < 1.29 is 4.52 Å². The normalized spacial score (nSPS) is 10.7. The van der Waals surface area contributed by atoms with Crippen LogP contribution in [-0.4, -0.2) is 20.6 Å². The zero-order chi connectivity index (χ0) is 10.1. The zero-order valence-corrected chi connectivity index (χ0v) is 7.66. The highest BCUT2D eigenvalue weighted by Gasteiger charge is 2.08. The van der Waals surface area contributed by atoms with Crippen molar-refractivity contribution in [3.63, 3.8) is 0 Å². The molecule has 0 N–H and O–H groups in total. The molecule has 0 amide bonds. The highest BCUT2D eigenvalue weighted by Crippen LogP contribution is 2.22. The van der Waals surface area contributed by atoms with Crippen LogP contribution in [0.5, 0.6) is 0 Å². The quantitative estimate of drug-likeness (QED) is 0.595. The molecule has 3 aromatic rings. The number of fused-ring (bicyclic) bond motifs is 1. The third-order valence-corrected chi connectivity index (χ3v) is 2.17. The van der Waals surface area contributed by atoms with E-state index in [1.165, 1.54) is 6.26 Å². The van der Waals surface area contributed by atoms with Gasteiger partial charge in [0.25, 0.3) is 0 Å². The van der Waals surface area contributed by atoms with Crippen molar-refractivity contribution in [1.29, 1.82) is 0 Å². The number of nitrogens with zero attached hydrogens (tertiary/aromatic N) is 4. The Hall–Kier alpha value is -2.30. The third kappa shape index (κ3) is 1.25. The standard InChI is InChI=1S/C10H6N4O/c1-2-4-8-7(3-1)5-11-13-10(8)9-6-15-14-12-9/h1-6H. The van der Waals surface area contributed by atoms with Gasteiger partial charge in [0.15, 0.2) is 12.0 Å². The lowest BCUT2D eigenvalue weighted by molar-refractivity contribution is 0.393. The topological polar surface area (TPSA) is 64.7 Å². The van der Waals surface area contributed by atoms with Crippen LogP contribution in [0.3, 0.4) is 0 Å². The number of rotatable bonds is 1. The van der Waals surface area contributed by atoms with Crippen LogP contribution in [0.2, 0.25) is 0 Å². The Morgan fingerprint density at radius 1 is 1.07 bits per heavy atom. The molecule has 3 rings (SSSR count). The van der Waals surface area contributed by atoms with Gasteiger partial charge in [-0.3, -0.25) is 0 Å². The summed E-state index contributed by atoms with van der Waals surface area (Å²) in [7, 11) is 0. The van der Waals surface area contributed by atoms with E-state index < -0.39 is 0 Å². The molecule has 0 aliphatic rings. The molecule has 0 atom stereocenters. The van der Waals surface area contributed by atoms with Crippen LogP contribution in [0, 0.1) is 0 Å². The molecule has 0 aliphatic heterocycles. The first-order valence-corrected chi connectivity index (χ1v) is 4.43. The molecule has 5 heteroatoms. The lowest BCUT2D eigenvalue weighted by atomic mass is 10.1. The van der Waals surface area contributed by atoms with E-state index in [4.69, 9.17) is 0 Å². The summed E-state index contributed by atoms with van der Waals surface area (Å²) < 4.78 is 4.69. The van der Waals surface area contributed by atoms with Gasteiger partial charge in [0.1, 0.15) is 5.69 Å². The first-order valence-electron chi connectivity index (χ1n) is 4.43. The molecule has 5 nitrogen and oxygen atoms in total. The molecule has 1 aromatic carbocycles. The predicted molar refractivity (Wildman–Crippen MR) is 52.8 cm³/mol. The van der Waals surface area contributed by atoms with Crippen molar-refractivity contribution in [2.45, 2.75) is 0 Å². The van der Waals surface area contributed by atoms with E-state index >= 15 is 0 Å². The van der Waals surface area contributed by atoms with Crippen molar-refractivity contribution in [2.75, 3.05) is 0 Å². The first-order chi connectivity index (χ1) is 7.45. The fraction of sp³-hybridized carbons (Fsp3) is 0. The van der Waals surface area contributed by atoms with Crippen LogP contribution in [0.1, 0.15) is 0 Å². The number of benzene rings is 1. The maximum Gasteiger partial charge on any atom is 0.155 e. The fourth-order valence-electron chi connectivity index (χ4n) is 1.48. The molecule has 2 heterocycles. The van der Waals surface area contributed by atoms with Crippen molar-refractivity contribution >= 4 is 10.8 Å². The van der Waals surface area contributed by atoms with Crippen LogP contribution < -0.4 is 0 Å².